The lowest BCUT2D eigenvalue weighted by Gasteiger charge is -2.27. The van der Waals surface area contributed by atoms with Crippen molar-refractivity contribution in [1.29, 1.82) is 0 Å². The number of carbonyl (C=O) groups excluding carboxylic acids is 1. The SMILES string of the molecule is CC(C)(CO)CCCNC(=O)NCc1ccnc(N2CCCCC2)c1. The summed E-state index contributed by atoms with van der Waals surface area (Å²) in [6.07, 6.45) is 7.30. The molecule has 2 amide bonds. The van der Waals surface area contributed by atoms with E-state index in [0.717, 1.165) is 37.3 Å². The molecule has 1 fully saturated rings. The molecule has 6 heteroatoms. The van der Waals surface area contributed by atoms with Crippen molar-refractivity contribution in [1.82, 2.24) is 15.6 Å². The number of pyridine rings is 1. The van der Waals surface area contributed by atoms with E-state index in [2.05, 4.69) is 26.6 Å². The highest BCUT2D eigenvalue weighted by Gasteiger charge is 2.15. The van der Waals surface area contributed by atoms with Gasteiger partial charge >= 0.3 is 6.03 Å². The number of carbonyl (C=O) groups is 1. The van der Waals surface area contributed by atoms with Crippen LogP contribution in [0.1, 0.15) is 51.5 Å². The number of aliphatic hydroxyl groups is 1. The van der Waals surface area contributed by atoms with E-state index in [1.54, 1.807) is 0 Å². The summed E-state index contributed by atoms with van der Waals surface area (Å²) in [4.78, 5) is 18.7. The minimum atomic E-state index is -0.155. The summed E-state index contributed by atoms with van der Waals surface area (Å²) >= 11 is 0. The van der Waals surface area contributed by atoms with Crippen LogP contribution in [-0.4, -0.2) is 42.4 Å². The first-order chi connectivity index (χ1) is 12.0. The Hall–Kier alpha value is -1.82. The molecule has 25 heavy (non-hydrogen) atoms. The lowest BCUT2D eigenvalue weighted by atomic mass is 9.89. The molecule has 140 valence electrons. The fraction of sp³-hybridized carbons (Fsp3) is 0.684. The van der Waals surface area contributed by atoms with E-state index < -0.39 is 0 Å². The van der Waals surface area contributed by atoms with Gasteiger partial charge in [0.05, 0.1) is 0 Å². The van der Waals surface area contributed by atoms with Crippen LogP contribution < -0.4 is 15.5 Å². The minimum absolute atomic E-state index is 0.0833. The van der Waals surface area contributed by atoms with Crippen molar-refractivity contribution < 1.29 is 9.90 Å². The van der Waals surface area contributed by atoms with Gasteiger partial charge in [0, 0.05) is 39.0 Å². The van der Waals surface area contributed by atoms with Crippen molar-refractivity contribution in [3.05, 3.63) is 23.9 Å². The molecule has 0 radical (unpaired) electrons. The lowest BCUT2D eigenvalue weighted by Crippen LogP contribution is -2.36. The summed E-state index contributed by atoms with van der Waals surface area (Å²) in [5.74, 6) is 1.01. The summed E-state index contributed by atoms with van der Waals surface area (Å²) in [5.41, 5.74) is 0.979. The van der Waals surface area contributed by atoms with Crippen LogP contribution >= 0.6 is 0 Å². The average molecular weight is 348 g/mol. The number of anilines is 1. The Bertz CT molecular complexity index is 542. The molecule has 2 heterocycles. The van der Waals surface area contributed by atoms with Crippen molar-refractivity contribution in [3.63, 3.8) is 0 Å². The Kier molecular flexibility index (Phi) is 7.50. The van der Waals surface area contributed by atoms with Crippen LogP contribution in [-0.2, 0) is 6.54 Å². The molecule has 1 aromatic heterocycles. The van der Waals surface area contributed by atoms with E-state index in [9.17, 15) is 9.90 Å². The predicted octanol–water partition coefficient (Wildman–Crippen LogP) is 2.67. The zero-order chi connectivity index (χ0) is 18.1. The number of nitrogens with zero attached hydrogens (tertiary/aromatic N) is 2. The molecule has 0 saturated carbocycles. The second-order valence-electron chi connectivity index (χ2n) is 7.61. The van der Waals surface area contributed by atoms with E-state index in [0.29, 0.717) is 13.1 Å². The normalized spacial score (nSPS) is 15.1. The number of urea groups is 1. The van der Waals surface area contributed by atoms with Gasteiger partial charge in [0.1, 0.15) is 5.82 Å². The third-order valence-electron chi connectivity index (χ3n) is 4.69. The Morgan fingerprint density at radius 2 is 2.04 bits per heavy atom. The van der Waals surface area contributed by atoms with Crippen molar-refractivity contribution >= 4 is 11.8 Å². The summed E-state index contributed by atoms with van der Waals surface area (Å²) in [6, 6.07) is 3.85. The van der Waals surface area contributed by atoms with Gasteiger partial charge in [-0.15, -0.1) is 0 Å². The maximum atomic E-state index is 11.9. The average Bonchev–Trinajstić information content (AvgIpc) is 2.64. The molecule has 3 N–H and O–H groups in total. The van der Waals surface area contributed by atoms with Crippen LogP contribution in [0.3, 0.4) is 0 Å². The monoisotopic (exact) mass is 348 g/mol. The minimum Gasteiger partial charge on any atom is -0.396 e. The predicted molar refractivity (Wildman–Crippen MR) is 101 cm³/mol. The smallest absolute Gasteiger partial charge is 0.315 e. The molecular formula is C19H32N4O2. The summed E-state index contributed by atoms with van der Waals surface area (Å²) in [7, 11) is 0. The second-order valence-corrected chi connectivity index (χ2v) is 7.61. The summed E-state index contributed by atoms with van der Waals surface area (Å²) in [5, 5.41) is 15.0. The van der Waals surface area contributed by atoms with Gasteiger partial charge in [-0.05, 0) is 55.2 Å². The van der Waals surface area contributed by atoms with E-state index in [1.807, 2.05) is 26.1 Å². The van der Waals surface area contributed by atoms with Gasteiger partial charge < -0.3 is 20.6 Å². The molecule has 0 aromatic carbocycles. The molecule has 2 rings (SSSR count). The van der Waals surface area contributed by atoms with Crippen LogP contribution in [0.2, 0.25) is 0 Å². The molecular weight excluding hydrogens is 316 g/mol. The fourth-order valence-electron chi connectivity index (χ4n) is 2.96. The van der Waals surface area contributed by atoms with Gasteiger partial charge in [-0.25, -0.2) is 9.78 Å². The first kappa shape index (κ1) is 19.5. The quantitative estimate of drug-likeness (QED) is 0.631. The first-order valence-electron chi connectivity index (χ1n) is 9.33. The van der Waals surface area contributed by atoms with E-state index in [1.165, 1.54) is 19.3 Å². The van der Waals surface area contributed by atoms with Crippen LogP contribution in [0.15, 0.2) is 18.3 Å². The molecule has 1 aromatic rings. The van der Waals surface area contributed by atoms with Gasteiger partial charge in [-0.3, -0.25) is 0 Å². The fourth-order valence-corrected chi connectivity index (χ4v) is 2.96. The van der Waals surface area contributed by atoms with Gasteiger partial charge in [-0.1, -0.05) is 13.8 Å². The van der Waals surface area contributed by atoms with E-state index in [-0.39, 0.29) is 18.1 Å². The maximum Gasteiger partial charge on any atom is 0.315 e. The number of nitrogens with one attached hydrogen (secondary N) is 2. The van der Waals surface area contributed by atoms with E-state index >= 15 is 0 Å². The zero-order valence-corrected chi connectivity index (χ0v) is 15.6. The number of amides is 2. The molecule has 0 bridgehead atoms. The first-order valence-corrected chi connectivity index (χ1v) is 9.33. The second kappa shape index (κ2) is 9.61. The number of aliphatic hydroxyl groups excluding tert-OH is 1. The topological polar surface area (TPSA) is 77.5 Å². The number of rotatable bonds is 8. The highest BCUT2D eigenvalue weighted by Crippen LogP contribution is 2.20. The zero-order valence-electron chi connectivity index (χ0n) is 15.6. The Morgan fingerprint density at radius 1 is 1.28 bits per heavy atom. The highest BCUT2D eigenvalue weighted by atomic mass is 16.3. The highest BCUT2D eigenvalue weighted by molar-refractivity contribution is 5.73. The number of hydrogen-bond acceptors (Lipinski definition) is 4. The van der Waals surface area contributed by atoms with Crippen LogP contribution in [0, 0.1) is 5.41 Å². The Morgan fingerprint density at radius 3 is 2.76 bits per heavy atom. The number of piperidine rings is 1. The maximum absolute atomic E-state index is 11.9. The van der Waals surface area contributed by atoms with Crippen LogP contribution in [0.4, 0.5) is 10.6 Å². The largest absolute Gasteiger partial charge is 0.396 e. The third kappa shape index (κ3) is 6.90. The van der Waals surface area contributed by atoms with Gasteiger partial charge in [-0.2, -0.15) is 0 Å². The standard InChI is InChI=1S/C19H32N4O2/c1-19(2,15-24)8-6-9-21-18(25)22-14-16-7-10-20-17(13-16)23-11-4-3-5-12-23/h7,10,13,24H,3-6,8-9,11-12,14-15H2,1-2H3,(H2,21,22,25). The summed E-state index contributed by atoms with van der Waals surface area (Å²) in [6.45, 7) is 7.46. The van der Waals surface area contributed by atoms with Crippen LogP contribution in [0.25, 0.3) is 0 Å². The molecule has 1 aliphatic heterocycles. The molecule has 6 nitrogen and oxygen atoms in total. The molecule has 0 aliphatic carbocycles. The number of aromatic nitrogens is 1. The number of hydrogen-bond donors (Lipinski definition) is 3. The van der Waals surface area contributed by atoms with Crippen LogP contribution in [0.5, 0.6) is 0 Å². The lowest BCUT2D eigenvalue weighted by molar-refractivity contribution is 0.148. The summed E-state index contributed by atoms with van der Waals surface area (Å²) < 4.78 is 0. The molecule has 0 unspecified atom stereocenters. The van der Waals surface area contributed by atoms with Crippen molar-refractivity contribution in [2.24, 2.45) is 5.41 Å². The van der Waals surface area contributed by atoms with Gasteiger partial charge in [0.25, 0.3) is 0 Å². The molecule has 0 spiro atoms. The molecule has 1 aliphatic rings. The van der Waals surface area contributed by atoms with E-state index in [4.69, 9.17) is 0 Å². The third-order valence-corrected chi connectivity index (χ3v) is 4.69. The Balaban J connectivity index is 1.70. The van der Waals surface area contributed by atoms with Gasteiger partial charge in [0.2, 0.25) is 0 Å². The Labute approximate surface area is 151 Å². The van der Waals surface area contributed by atoms with Crippen molar-refractivity contribution in [2.45, 2.75) is 52.5 Å². The van der Waals surface area contributed by atoms with Gasteiger partial charge in [0.15, 0.2) is 0 Å². The molecule has 0 atom stereocenters. The van der Waals surface area contributed by atoms with Crippen molar-refractivity contribution in [2.75, 3.05) is 31.1 Å². The molecule has 1 saturated heterocycles. The van der Waals surface area contributed by atoms with Crippen molar-refractivity contribution in [3.8, 4) is 0 Å².